The van der Waals surface area contributed by atoms with Crippen molar-refractivity contribution in [2.75, 3.05) is 24.5 Å². The molecule has 0 bridgehead atoms. The highest BCUT2D eigenvalue weighted by Gasteiger charge is 2.36. The summed E-state index contributed by atoms with van der Waals surface area (Å²) in [7, 11) is 0. The van der Waals surface area contributed by atoms with Gasteiger partial charge in [0.2, 0.25) is 0 Å². The second kappa shape index (κ2) is 12.0. The highest BCUT2D eigenvalue weighted by molar-refractivity contribution is 5.88. The minimum Gasteiger partial charge on any atom is -0.479 e. The summed E-state index contributed by atoms with van der Waals surface area (Å²) in [6.07, 6.45) is 1.97. The number of nitrogens with zero attached hydrogens (tertiary/aromatic N) is 3. The number of anilines is 1. The lowest BCUT2D eigenvalue weighted by molar-refractivity contribution is -0.160. The van der Waals surface area contributed by atoms with Crippen LogP contribution in [0.25, 0.3) is 11.1 Å². The molecular formula is C37H49N3O3. The highest BCUT2D eigenvalue weighted by atomic mass is 16.5. The number of fused-ring (bicyclic) bond motifs is 1. The van der Waals surface area contributed by atoms with E-state index >= 15 is 0 Å². The maximum absolute atomic E-state index is 12.8. The van der Waals surface area contributed by atoms with Crippen molar-refractivity contribution < 1.29 is 14.6 Å². The fourth-order valence-electron chi connectivity index (χ4n) is 6.69. The molecule has 0 amide bonds. The first-order valence-corrected chi connectivity index (χ1v) is 15.8. The molecule has 3 heterocycles. The summed E-state index contributed by atoms with van der Waals surface area (Å²) in [5.74, 6) is -0.979. The molecule has 43 heavy (non-hydrogen) atoms. The lowest BCUT2D eigenvalue weighted by Crippen LogP contribution is -2.39. The third-order valence-corrected chi connectivity index (χ3v) is 9.21. The molecule has 1 fully saturated rings. The first-order valence-electron chi connectivity index (χ1n) is 15.8. The van der Waals surface area contributed by atoms with E-state index in [4.69, 9.17) is 9.72 Å². The number of rotatable bonds is 7. The van der Waals surface area contributed by atoms with E-state index in [1.165, 1.54) is 22.3 Å². The average Bonchev–Trinajstić information content (AvgIpc) is 2.92. The van der Waals surface area contributed by atoms with Gasteiger partial charge in [0.1, 0.15) is 0 Å². The van der Waals surface area contributed by atoms with Gasteiger partial charge in [-0.2, -0.15) is 0 Å². The topological polar surface area (TPSA) is 65.9 Å². The molecule has 2 aliphatic rings. The van der Waals surface area contributed by atoms with E-state index in [0.29, 0.717) is 5.56 Å². The number of piperidine rings is 1. The normalized spacial score (nSPS) is 17.9. The number of hydrogen-bond donors (Lipinski definition) is 1. The lowest BCUT2D eigenvalue weighted by Gasteiger charge is -2.41. The second-order valence-corrected chi connectivity index (χ2v) is 14.4. The van der Waals surface area contributed by atoms with Gasteiger partial charge in [0, 0.05) is 55.2 Å². The first-order chi connectivity index (χ1) is 20.2. The van der Waals surface area contributed by atoms with Crippen molar-refractivity contribution in [1.29, 1.82) is 0 Å². The number of carboxylic acids is 1. The third-order valence-electron chi connectivity index (χ3n) is 9.21. The average molecular weight is 584 g/mol. The van der Waals surface area contributed by atoms with Gasteiger partial charge < -0.3 is 14.7 Å². The molecule has 0 saturated carbocycles. The van der Waals surface area contributed by atoms with Crippen molar-refractivity contribution in [1.82, 2.24) is 9.88 Å². The van der Waals surface area contributed by atoms with Crippen molar-refractivity contribution in [3.05, 3.63) is 81.7 Å². The van der Waals surface area contributed by atoms with Gasteiger partial charge in [0.15, 0.2) is 6.10 Å². The van der Waals surface area contributed by atoms with Gasteiger partial charge in [0.25, 0.3) is 0 Å². The van der Waals surface area contributed by atoms with Crippen LogP contribution in [0.5, 0.6) is 0 Å². The zero-order valence-electron chi connectivity index (χ0n) is 27.4. The zero-order valence-corrected chi connectivity index (χ0v) is 27.4. The number of hydrogen-bond acceptors (Lipinski definition) is 5. The molecule has 5 rings (SSSR count). The van der Waals surface area contributed by atoms with Crippen LogP contribution in [0.1, 0.15) is 92.8 Å². The number of benzene rings is 2. The second-order valence-electron chi connectivity index (χ2n) is 14.4. The van der Waals surface area contributed by atoms with Gasteiger partial charge >= 0.3 is 5.97 Å². The fraction of sp³-hybridized carbons (Fsp3) is 0.514. The Kier molecular flexibility index (Phi) is 8.75. The summed E-state index contributed by atoms with van der Waals surface area (Å²) >= 11 is 0. The molecule has 230 valence electrons. The Morgan fingerprint density at radius 3 is 2.35 bits per heavy atom. The molecule has 6 heteroatoms. The Morgan fingerprint density at radius 1 is 1.00 bits per heavy atom. The Morgan fingerprint density at radius 2 is 1.70 bits per heavy atom. The minimum atomic E-state index is -1.11. The molecule has 2 aromatic carbocycles. The van der Waals surface area contributed by atoms with E-state index in [0.717, 1.165) is 80.2 Å². The molecular weight excluding hydrogens is 534 g/mol. The molecule has 0 unspecified atom stereocenters. The quantitative estimate of drug-likeness (QED) is 0.306. The maximum atomic E-state index is 12.8. The summed E-state index contributed by atoms with van der Waals surface area (Å²) in [4.78, 5) is 22.7. The van der Waals surface area contributed by atoms with Crippen LogP contribution in [0, 0.1) is 26.2 Å². The Hall–Kier alpha value is -3.22. The van der Waals surface area contributed by atoms with E-state index < -0.39 is 17.7 Å². The third kappa shape index (κ3) is 6.97. The maximum Gasteiger partial charge on any atom is 0.337 e. The number of aliphatic carboxylic acids is 1. The summed E-state index contributed by atoms with van der Waals surface area (Å²) in [6, 6.07) is 15.5. The van der Waals surface area contributed by atoms with Gasteiger partial charge in [-0.15, -0.1) is 0 Å². The number of aryl methyl sites for hydroxylation is 3. The summed E-state index contributed by atoms with van der Waals surface area (Å²) in [5.41, 5.74) is 10.6. The number of aromatic nitrogens is 1. The molecule has 6 nitrogen and oxygen atoms in total. The highest BCUT2D eigenvalue weighted by Crippen LogP contribution is 2.45. The summed E-state index contributed by atoms with van der Waals surface area (Å²) < 4.78 is 6.26. The molecule has 0 aliphatic carbocycles. The molecule has 0 spiro atoms. The molecule has 1 aromatic heterocycles. The van der Waals surface area contributed by atoms with Crippen molar-refractivity contribution >= 4 is 11.7 Å². The number of pyridine rings is 1. The van der Waals surface area contributed by atoms with Gasteiger partial charge in [-0.1, -0.05) is 56.3 Å². The Labute approximate surface area is 258 Å². The Bertz CT molecular complexity index is 1490. The van der Waals surface area contributed by atoms with Crippen molar-refractivity contribution in [2.45, 2.75) is 99.4 Å². The smallest absolute Gasteiger partial charge is 0.337 e. The number of carbonyl (C=O) groups is 1. The fourth-order valence-corrected chi connectivity index (χ4v) is 6.69. The van der Waals surface area contributed by atoms with Gasteiger partial charge in [-0.25, -0.2) is 4.79 Å². The predicted octanol–water partition coefficient (Wildman–Crippen LogP) is 7.80. The van der Waals surface area contributed by atoms with E-state index in [1.54, 1.807) is 0 Å². The van der Waals surface area contributed by atoms with E-state index in [9.17, 15) is 9.90 Å². The zero-order chi connectivity index (χ0) is 31.1. The van der Waals surface area contributed by atoms with Crippen LogP contribution >= 0.6 is 0 Å². The molecule has 1 N–H and O–H groups in total. The van der Waals surface area contributed by atoms with Gasteiger partial charge in [0.05, 0.1) is 11.3 Å². The minimum absolute atomic E-state index is 0.262. The van der Waals surface area contributed by atoms with E-state index in [1.807, 2.05) is 27.7 Å². The number of ether oxygens (including phenoxy) is 1. The Balaban J connectivity index is 1.57. The molecule has 1 atom stereocenters. The molecule has 0 radical (unpaired) electrons. The van der Waals surface area contributed by atoms with Crippen LogP contribution in [0.3, 0.4) is 0 Å². The SMILES string of the molecule is Cc1ccccc1CN1CCc2cc(-c3c(C)nc(C)c([C@H](OC(C)(C)C)C(=O)O)c3N3CCC(C)(C)CC3)ccc2C1. The lowest BCUT2D eigenvalue weighted by atomic mass is 9.81. The van der Waals surface area contributed by atoms with Crippen molar-refractivity contribution in [2.24, 2.45) is 5.41 Å². The van der Waals surface area contributed by atoms with Gasteiger partial charge in [-0.3, -0.25) is 9.88 Å². The summed E-state index contributed by atoms with van der Waals surface area (Å²) in [6.45, 7) is 21.2. The molecule has 1 saturated heterocycles. The van der Waals surface area contributed by atoms with Gasteiger partial charge in [-0.05, 0) is 94.0 Å². The largest absolute Gasteiger partial charge is 0.479 e. The van der Waals surface area contributed by atoms with Crippen molar-refractivity contribution in [3.8, 4) is 11.1 Å². The standard InChI is InChI=1S/C37H49N3O3/c1-24-11-9-10-12-29(24)22-39-18-15-27-21-28(13-14-30(27)23-39)31-25(2)38-26(3)32(34(35(41)42)43-36(4,5)6)33(31)40-19-16-37(7,8)17-20-40/h9-14,21,34H,15-20,22-23H2,1-8H3,(H,41,42)/t34-/m0/s1. The van der Waals surface area contributed by atoms with Crippen LogP contribution in [0.4, 0.5) is 5.69 Å². The van der Waals surface area contributed by atoms with E-state index in [-0.39, 0.29) is 5.41 Å². The molecule has 3 aromatic rings. The van der Waals surface area contributed by atoms with E-state index in [2.05, 4.69) is 80.0 Å². The van der Waals surface area contributed by atoms with Crippen LogP contribution < -0.4 is 4.90 Å². The summed E-state index contributed by atoms with van der Waals surface area (Å²) in [5, 5.41) is 10.5. The predicted molar refractivity (Wildman–Crippen MR) is 175 cm³/mol. The first kappa shape index (κ1) is 31.2. The molecule has 2 aliphatic heterocycles. The number of carboxylic acid groups (broad SMARTS) is 1. The van der Waals surface area contributed by atoms with Crippen LogP contribution in [-0.2, 0) is 29.0 Å². The monoisotopic (exact) mass is 583 g/mol. The van der Waals surface area contributed by atoms with Crippen LogP contribution in [0.15, 0.2) is 42.5 Å². The van der Waals surface area contributed by atoms with Crippen LogP contribution in [0.2, 0.25) is 0 Å². The van der Waals surface area contributed by atoms with Crippen LogP contribution in [-0.4, -0.2) is 46.2 Å². The van der Waals surface area contributed by atoms with Crippen molar-refractivity contribution in [3.63, 3.8) is 0 Å².